The van der Waals surface area contributed by atoms with Crippen molar-refractivity contribution in [2.24, 2.45) is 0 Å². The van der Waals surface area contributed by atoms with Crippen molar-refractivity contribution in [3.8, 4) is 0 Å². The highest BCUT2D eigenvalue weighted by Crippen LogP contribution is 1.92. The number of rotatable bonds is 4. The van der Waals surface area contributed by atoms with Crippen LogP contribution in [0.2, 0.25) is 0 Å². The molecule has 0 rings (SSSR count). The van der Waals surface area contributed by atoms with E-state index < -0.39 is 12.1 Å². The second kappa shape index (κ2) is 4.03. The van der Waals surface area contributed by atoms with E-state index in [0.717, 1.165) is 6.21 Å². The summed E-state index contributed by atoms with van der Waals surface area (Å²) < 4.78 is 4.50. The lowest BCUT2D eigenvalue weighted by molar-refractivity contribution is -0.147. The molecule has 0 aliphatic rings. The Balaban J connectivity index is 3.67. The Bertz CT molecular complexity index is 113. The van der Waals surface area contributed by atoms with E-state index in [1.165, 1.54) is 7.11 Å². The Hall–Kier alpha value is -0.900. The number of carboxylic acid groups (broad SMARTS) is 1. The lowest BCUT2D eigenvalue weighted by atomic mass is 10.3. The average Bonchev–Trinajstić information content (AvgIpc) is 1.82. The van der Waals surface area contributed by atoms with Crippen LogP contribution in [0.1, 0.15) is 6.42 Å². The number of hydrogen-bond donors (Lipinski definition) is 2. The van der Waals surface area contributed by atoms with Crippen molar-refractivity contribution < 1.29 is 14.6 Å². The second-order valence-electron chi connectivity index (χ2n) is 1.50. The summed E-state index contributed by atoms with van der Waals surface area (Å²) in [5, 5.41) is 14.8. The van der Waals surface area contributed by atoms with Crippen LogP contribution in [0.5, 0.6) is 0 Å². The molecule has 0 spiro atoms. The molecule has 0 aliphatic heterocycles. The maximum Gasteiger partial charge on any atom is 0.333 e. The van der Waals surface area contributed by atoms with Gasteiger partial charge in [-0.05, 0) is 6.21 Å². The molecule has 4 nitrogen and oxygen atoms in total. The molecule has 0 heterocycles. The van der Waals surface area contributed by atoms with Gasteiger partial charge in [-0.3, -0.25) is 0 Å². The first kappa shape index (κ1) is 8.10. The summed E-state index contributed by atoms with van der Waals surface area (Å²) in [5.41, 5.74) is 0. The zero-order valence-electron chi connectivity index (χ0n) is 5.13. The van der Waals surface area contributed by atoms with Gasteiger partial charge >= 0.3 is 5.97 Å². The summed E-state index contributed by atoms with van der Waals surface area (Å²) in [6.45, 7) is 0. The fourth-order valence-corrected chi connectivity index (χ4v) is 0.405. The summed E-state index contributed by atoms with van der Waals surface area (Å²) in [7, 11) is 1.31. The van der Waals surface area contributed by atoms with Crippen LogP contribution >= 0.6 is 0 Å². The number of ether oxygens (including phenoxy) is 1. The van der Waals surface area contributed by atoms with E-state index in [1.807, 2.05) is 0 Å². The van der Waals surface area contributed by atoms with Crippen LogP contribution in [0.4, 0.5) is 0 Å². The van der Waals surface area contributed by atoms with E-state index in [0.29, 0.717) is 0 Å². The Morgan fingerprint density at radius 2 is 2.56 bits per heavy atom. The minimum Gasteiger partial charge on any atom is -0.479 e. The normalized spacial score (nSPS) is 12.6. The minimum absolute atomic E-state index is 0.131. The SMILES string of the molecule is COC(CC=N)C(=O)O. The van der Waals surface area contributed by atoms with Crippen molar-refractivity contribution in [1.82, 2.24) is 0 Å². The molecule has 0 bridgehead atoms. The molecule has 9 heavy (non-hydrogen) atoms. The Labute approximate surface area is 53.0 Å². The van der Waals surface area contributed by atoms with Gasteiger partial charge in [0.15, 0.2) is 6.10 Å². The molecule has 0 saturated carbocycles. The monoisotopic (exact) mass is 131 g/mol. The van der Waals surface area contributed by atoms with Crippen LogP contribution in [-0.2, 0) is 9.53 Å². The highest BCUT2D eigenvalue weighted by atomic mass is 16.5. The van der Waals surface area contributed by atoms with Gasteiger partial charge in [0, 0.05) is 13.5 Å². The smallest absolute Gasteiger partial charge is 0.333 e. The summed E-state index contributed by atoms with van der Waals surface area (Å²) >= 11 is 0. The van der Waals surface area contributed by atoms with E-state index >= 15 is 0 Å². The van der Waals surface area contributed by atoms with Gasteiger partial charge in [-0.25, -0.2) is 4.79 Å². The topological polar surface area (TPSA) is 70.4 Å². The third-order valence-corrected chi connectivity index (χ3v) is 0.892. The van der Waals surface area contributed by atoms with Gasteiger partial charge < -0.3 is 15.3 Å². The third-order valence-electron chi connectivity index (χ3n) is 0.892. The first-order chi connectivity index (χ1) is 4.22. The molecule has 0 aromatic heterocycles. The van der Waals surface area contributed by atoms with Crippen molar-refractivity contribution in [3.63, 3.8) is 0 Å². The van der Waals surface area contributed by atoms with Crippen LogP contribution < -0.4 is 0 Å². The molecular weight excluding hydrogens is 122 g/mol. The van der Waals surface area contributed by atoms with Crippen LogP contribution in [0.3, 0.4) is 0 Å². The zero-order chi connectivity index (χ0) is 7.28. The largest absolute Gasteiger partial charge is 0.479 e. The number of carbonyl (C=O) groups is 1. The van der Waals surface area contributed by atoms with E-state index in [2.05, 4.69) is 4.74 Å². The van der Waals surface area contributed by atoms with Gasteiger partial charge in [0.1, 0.15) is 0 Å². The minimum atomic E-state index is -1.03. The molecule has 0 aromatic rings. The first-order valence-electron chi connectivity index (χ1n) is 2.47. The lowest BCUT2D eigenvalue weighted by Gasteiger charge is -2.04. The molecule has 0 amide bonds. The van der Waals surface area contributed by atoms with Crippen LogP contribution in [-0.4, -0.2) is 30.5 Å². The Kier molecular flexibility index (Phi) is 3.62. The molecule has 0 aromatic carbocycles. The molecule has 0 radical (unpaired) electrons. The van der Waals surface area contributed by atoms with Crippen LogP contribution in [0.15, 0.2) is 0 Å². The van der Waals surface area contributed by atoms with Gasteiger partial charge in [-0.15, -0.1) is 0 Å². The molecule has 0 saturated heterocycles. The van der Waals surface area contributed by atoms with Gasteiger partial charge in [0.2, 0.25) is 0 Å². The second-order valence-corrected chi connectivity index (χ2v) is 1.50. The van der Waals surface area contributed by atoms with Crippen molar-refractivity contribution in [3.05, 3.63) is 0 Å². The average molecular weight is 131 g/mol. The summed E-state index contributed by atoms with van der Waals surface area (Å²) in [4.78, 5) is 10.1. The molecule has 0 aliphatic carbocycles. The molecular formula is C5H9NO3. The highest BCUT2D eigenvalue weighted by molar-refractivity contribution is 5.76. The van der Waals surface area contributed by atoms with Crippen molar-refractivity contribution in [2.75, 3.05) is 7.11 Å². The summed E-state index contributed by atoms with van der Waals surface area (Å²) in [6.07, 6.45) is 0.288. The highest BCUT2D eigenvalue weighted by Gasteiger charge is 2.13. The van der Waals surface area contributed by atoms with E-state index in [-0.39, 0.29) is 6.42 Å². The van der Waals surface area contributed by atoms with Crippen LogP contribution in [0, 0.1) is 5.41 Å². The number of hydrogen-bond acceptors (Lipinski definition) is 3. The quantitative estimate of drug-likeness (QED) is 0.532. The van der Waals surface area contributed by atoms with E-state index in [4.69, 9.17) is 10.5 Å². The predicted molar refractivity (Wildman–Crippen MR) is 31.8 cm³/mol. The Morgan fingerprint density at radius 3 is 2.67 bits per heavy atom. The van der Waals surface area contributed by atoms with Crippen molar-refractivity contribution in [1.29, 1.82) is 5.41 Å². The zero-order valence-corrected chi connectivity index (χ0v) is 5.13. The maximum atomic E-state index is 10.1. The molecule has 52 valence electrons. The van der Waals surface area contributed by atoms with Gasteiger partial charge in [0.05, 0.1) is 0 Å². The number of methoxy groups -OCH3 is 1. The van der Waals surface area contributed by atoms with Crippen molar-refractivity contribution >= 4 is 12.2 Å². The standard InChI is InChI=1S/C5H9NO3/c1-9-4(2-3-6)5(7)8/h3-4,6H,2H2,1H3,(H,7,8). The van der Waals surface area contributed by atoms with Crippen molar-refractivity contribution in [2.45, 2.75) is 12.5 Å². The molecule has 4 heteroatoms. The summed E-state index contributed by atoms with van der Waals surface area (Å²) in [6, 6.07) is 0. The number of aliphatic carboxylic acids is 1. The summed E-state index contributed by atoms with van der Waals surface area (Å²) in [5.74, 6) is -1.03. The molecule has 1 atom stereocenters. The lowest BCUT2D eigenvalue weighted by Crippen LogP contribution is -2.22. The van der Waals surface area contributed by atoms with Gasteiger partial charge in [-0.2, -0.15) is 0 Å². The fourth-order valence-electron chi connectivity index (χ4n) is 0.405. The van der Waals surface area contributed by atoms with E-state index in [1.54, 1.807) is 0 Å². The molecule has 1 unspecified atom stereocenters. The van der Waals surface area contributed by atoms with Crippen LogP contribution in [0.25, 0.3) is 0 Å². The predicted octanol–water partition coefficient (Wildman–Crippen LogP) is 0.126. The molecule has 2 N–H and O–H groups in total. The van der Waals surface area contributed by atoms with Gasteiger partial charge in [-0.1, -0.05) is 0 Å². The fraction of sp³-hybridized carbons (Fsp3) is 0.600. The van der Waals surface area contributed by atoms with Gasteiger partial charge in [0.25, 0.3) is 0 Å². The maximum absolute atomic E-state index is 10.1. The number of carboxylic acids is 1. The van der Waals surface area contributed by atoms with E-state index in [9.17, 15) is 4.79 Å². The molecule has 0 fully saturated rings. The first-order valence-corrected chi connectivity index (χ1v) is 2.47. The Morgan fingerprint density at radius 1 is 2.00 bits per heavy atom. The third kappa shape index (κ3) is 2.81. The number of nitrogens with one attached hydrogen (secondary N) is 1.